The molecule has 1 aromatic carbocycles. The van der Waals surface area contributed by atoms with Gasteiger partial charge in [0, 0.05) is 11.0 Å². The van der Waals surface area contributed by atoms with Crippen LogP contribution in [-0.4, -0.2) is 23.9 Å². The van der Waals surface area contributed by atoms with E-state index in [0.29, 0.717) is 29.3 Å². The number of aryl methyl sites for hydroxylation is 1. The first-order valence-corrected chi connectivity index (χ1v) is 7.86. The normalized spacial score (nSPS) is 10.4. The number of methoxy groups -OCH3 is 1. The fraction of sp³-hybridized carbons (Fsp3) is 0.188. The maximum atomic E-state index is 12.1. The zero-order valence-corrected chi connectivity index (χ0v) is 14.6. The zero-order valence-electron chi connectivity index (χ0n) is 12.2. The zero-order chi connectivity index (χ0) is 17.0. The summed E-state index contributed by atoms with van der Waals surface area (Å²) < 4.78 is 6.43. The number of aldehydes is 1. The fourth-order valence-corrected chi connectivity index (χ4v) is 3.00. The lowest BCUT2D eigenvalue weighted by Crippen LogP contribution is -2.25. The molecule has 2 rings (SSSR count). The number of hydrogen-bond donors (Lipinski definition) is 0. The van der Waals surface area contributed by atoms with E-state index in [2.05, 4.69) is 20.7 Å². The van der Waals surface area contributed by atoms with Gasteiger partial charge in [0.1, 0.15) is 5.02 Å². The third-order valence-electron chi connectivity index (χ3n) is 3.35. The molecular formula is C16H13BrClNO4. The van der Waals surface area contributed by atoms with Gasteiger partial charge < -0.3 is 9.30 Å². The Morgan fingerprint density at radius 1 is 1.35 bits per heavy atom. The lowest BCUT2D eigenvalue weighted by atomic mass is 10.1. The number of halogens is 2. The first kappa shape index (κ1) is 17.4. The van der Waals surface area contributed by atoms with Gasteiger partial charge in [-0.15, -0.1) is 0 Å². The second kappa shape index (κ2) is 7.57. The van der Waals surface area contributed by atoms with E-state index >= 15 is 0 Å². The molecule has 0 spiro atoms. The van der Waals surface area contributed by atoms with Crippen LogP contribution in [0, 0.1) is 0 Å². The molecule has 0 N–H and O–H groups in total. The molecule has 0 radical (unpaired) electrons. The highest BCUT2D eigenvalue weighted by Gasteiger charge is 2.12. The van der Waals surface area contributed by atoms with Gasteiger partial charge in [-0.25, -0.2) is 4.79 Å². The van der Waals surface area contributed by atoms with Crippen LogP contribution in [0.5, 0.6) is 0 Å². The Morgan fingerprint density at radius 3 is 2.57 bits per heavy atom. The molecule has 0 fully saturated rings. The molecule has 0 atom stereocenters. The molecular weight excluding hydrogens is 386 g/mol. The molecule has 1 aromatic heterocycles. The number of nitrogens with zero attached hydrogens (tertiary/aromatic N) is 1. The average Bonchev–Trinajstić information content (AvgIpc) is 2.56. The first-order chi connectivity index (χ1) is 11.0. The summed E-state index contributed by atoms with van der Waals surface area (Å²) in [5.41, 5.74) is 1.19. The quantitative estimate of drug-likeness (QED) is 0.573. The molecule has 120 valence electrons. The Hall–Kier alpha value is -1.92. The number of ether oxygens (including phenoxy) is 1. The minimum atomic E-state index is -0.414. The Bertz CT molecular complexity index is 799. The molecule has 23 heavy (non-hydrogen) atoms. The average molecular weight is 399 g/mol. The van der Waals surface area contributed by atoms with Crippen LogP contribution in [0.25, 0.3) is 0 Å². The summed E-state index contributed by atoms with van der Waals surface area (Å²) in [6, 6.07) is 8.27. The Labute approximate surface area is 146 Å². The van der Waals surface area contributed by atoms with Crippen molar-refractivity contribution in [2.45, 2.75) is 13.0 Å². The summed E-state index contributed by atoms with van der Waals surface area (Å²) in [5.74, 6) is -0.408. The molecule has 1 heterocycles. The summed E-state index contributed by atoms with van der Waals surface area (Å²) in [5, 5.41) is 0.0449. The maximum absolute atomic E-state index is 12.1. The highest BCUT2D eigenvalue weighted by atomic mass is 79.9. The Kier molecular flexibility index (Phi) is 5.74. The van der Waals surface area contributed by atoms with Gasteiger partial charge in [0.15, 0.2) is 6.29 Å². The number of carbonyl (C=O) groups is 2. The van der Waals surface area contributed by atoms with E-state index < -0.39 is 11.5 Å². The van der Waals surface area contributed by atoms with Crippen LogP contribution in [-0.2, 0) is 17.7 Å². The SMILES string of the molecule is COC(=O)c1ccc(CCn2c(C=O)c(Br)cc(Cl)c2=O)cc1. The molecule has 0 amide bonds. The van der Waals surface area contributed by atoms with Crippen molar-refractivity contribution in [3.63, 3.8) is 0 Å². The number of hydrogen-bond acceptors (Lipinski definition) is 4. The summed E-state index contributed by atoms with van der Waals surface area (Å²) in [6.07, 6.45) is 1.12. The number of aromatic nitrogens is 1. The van der Waals surface area contributed by atoms with Crippen LogP contribution in [0.1, 0.15) is 26.4 Å². The van der Waals surface area contributed by atoms with E-state index in [9.17, 15) is 14.4 Å². The van der Waals surface area contributed by atoms with Crippen LogP contribution < -0.4 is 5.56 Å². The third-order valence-corrected chi connectivity index (χ3v) is 4.26. The monoisotopic (exact) mass is 397 g/mol. The number of carbonyl (C=O) groups excluding carboxylic acids is 2. The van der Waals surface area contributed by atoms with Crippen molar-refractivity contribution in [1.29, 1.82) is 0 Å². The van der Waals surface area contributed by atoms with Gasteiger partial charge in [-0.2, -0.15) is 0 Å². The summed E-state index contributed by atoms with van der Waals surface area (Å²) in [6.45, 7) is 0.295. The van der Waals surface area contributed by atoms with Gasteiger partial charge in [0.05, 0.1) is 18.4 Å². The van der Waals surface area contributed by atoms with Crippen molar-refractivity contribution < 1.29 is 14.3 Å². The smallest absolute Gasteiger partial charge is 0.337 e. The van der Waals surface area contributed by atoms with Crippen LogP contribution in [0.2, 0.25) is 5.02 Å². The van der Waals surface area contributed by atoms with Gasteiger partial charge in [-0.05, 0) is 46.1 Å². The van der Waals surface area contributed by atoms with E-state index in [0.717, 1.165) is 5.56 Å². The van der Waals surface area contributed by atoms with Crippen LogP contribution in [0.15, 0.2) is 39.6 Å². The Balaban J connectivity index is 2.23. The van der Waals surface area contributed by atoms with Crippen molar-refractivity contribution in [3.05, 3.63) is 67.0 Å². The molecule has 7 heteroatoms. The van der Waals surface area contributed by atoms with E-state index in [-0.39, 0.29) is 10.7 Å². The molecule has 0 aliphatic carbocycles. The molecule has 0 unspecified atom stereocenters. The van der Waals surface area contributed by atoms with Gasteiger partial charge in [0.2, 0.25) is 0 Å². The number of esters is 1. The molecule has 0 aliphatic rings. The summed E-state index contributed by atoms with van der Waals surface area (Å²) >= 11 is 9.10. The van der Waals surface area contributed by atoms with Crippen molar-refractivity contribution in [1.82, 2.24) is 4.57 Å². The second-order valence-corrected chi connectivity index (χ2v) is 6.00. The number of benzene rings is 1. The van der Waals surface area contributed by atoms with Crippen LogP contribution in [0.4, 0.5) is 0 Å². The Morgan fingerprint density at radius 2 is 2.00 bits per heavy atom. The predicted octanol–water partition coefficient (Wildman–Crippen LogP) is 3.11. The third kappa shape index (κ3) is 3.89. The largest absolute Gasteiger partial charge is 0.465 e. The molecule has 0 saturated heterocycles. The van der Waals surface area contributed by atoms with E-state index in [1.165, 1.54) is 17.7 Å². The molecule has 0 bridgehead atoms. The lowest BCUT2D eigenvalue weighted by molar-refractivity contribution is 0.0600. The van der Waals surface area contributed by atoms with Crippen LogP contribution >= 0.6 is 27.5 Å². The molecule has 0 aliphatic heterocycles. The van der Waals surface area contributed by atoms with Crippen molar-refractivity contribution in [2.24, 2.45) is 0 Å². The van der Waals surface area contributed by atoms with Crippen molar-refractivity contribution >= 4 is 39.8 Å². The lowest BCUT2D eigenvalue weighted by Gasteiger charge is -2.11. The number of rotatable bonds is 5. The molecule has 5 nitrogen and oxygen atoms in total. The standard InChI is InChI=1S/C16H13BrClNO4/c1-23-16(22)11-4-2-10(3-5-11)6-7-19-14(9-20)12(17)8-13(18)15(19)21/h2-5,8-9H,6-7H2,1H3. The van der Waals surface area contributed by atoms with Gasteiger partial charge >= 0.3 is 5.97 Å². The summed E-state index contributed by atoms with van der Waals surface area (Å²) in [4.78, 5) is 34.7. The summed E-state index contributed by atoms with van der Waals surface area (Å²) in [7, 11) is 1.32. The van der Waals surface area contributed by atoms with Gasteiger partial charge in [-0.1, -0.05) is 23.7 Å². The highest BCUT2D eigenvalue weighted by molar-refractivity contribution is 9.10. The first-order valence-electron chi connectivity index (χ1n) is 6.69. The fourth-order valence-electron chi connectivity index (χ4n) is 2.12. The van der Waals surface area contributed by atoms with E-state index in [1.54, 1.807) is 24.3 Å². The minimum absolute atomic E-state index is 0.0449. The van der Waals surface area contributed by atoms with Crippen LogP contribution in [0.3, 0.4) is 0 Å². The molecule has 0 saturated carbocycles. The highest BCUT2D eigenvalue weighted by Crippen LogP contribution is 2.18. The topological polar surface area (TPSA) is 65.4 Å². The van der Waals surface area contributed by atoms with Gasteiger partial charge in [0.25, 0.3) is 5.56 Å². The number of pyridine rings is 1. The van der Waals surface area contributed by atoms with E-state index in [1.807, 2.05) is 0 Å². The van der Waals surface area contributed by atoms with Crippen molar-refractivity contribution in [2.75, 3.05) is 7.11 Å². The molecule has 2 aromatic rings. The minimum Gasteiger partial charge on any atom is -0.465 e. The predicted molar refractivity (Wildman–Crippen MR) is 90.3 cm³/mol. The van der Waals surface area contributed by atoms with Crippen molar-refractivity contribution in [3.8, 4) is 0 Å². The second-order valence-electron chi connectivity index (χ2n) is 4.74. The van der Waals surface area contributed by atoms with Gasteiger partial charge in [-0.3, -0.25) is 9.59 Å². The maximum Gasteiger partial charge on any atom is 0.337 e. The van der Waals surface area contributed by atoms with E-state index in [4.69, 9.17) is 11.6 Å².